The number of benzene rings is 1. The highest BCUT2D eigenvalue weighted by atomic mass is 32.2. The van der Waals surface area contributed by atoms with Gasteiger partial charge >= 0.3 is 0 Å². The van der Waals surface area contributed by atoms with E-state index in [-0.39, 0.29) is 22.6 Å². The summed E-state index contributed by atoms with van der Waals surface area (Å²) in [4.78, 5) is 12.1. The summed E-state index contributed by atoms with van der Waals surface area (Å²) in [7, 11) is 0. The Morgan fingerprint density at radius 1 is 1.43 bits per heavy atom. The lowest BCUT2D eigenvalue weighted by Crippen LogP contribution is -2.31. The zero-order valence-corrected chi connectivity index (χ0v) is 13.3. The quantitative estimate of drug-likeness (QED) is 0.812. The molecule has 0 unspecified atom stereocenters. The molecule has 0 fully saturated rings. The molecule has 0 saturated heterocycles. The Balaban J connectivity index is 2.19. The molecule has 1 aromatic rings. The number of nitrogens with one attached hydrogen (secondary N) is 1. The van der Waals surface area contributed by atoms with Gasteiger partial charge in [-0.15, -0.1) is 11.8 Å². The molecule has 1 aliphatic rings. The van der Waals surface area contributed by atoms with Crippen molar-refractivity contribution >= 4 is 29.4 Å². The number of carbonyl (C=O) groups is 1. The SMILES string of the molecule is CCCCSC1=C(C#N)C(=O)N[C@H](c2ccc(O)cc2)S1. The van der Waals surface area contributed by atoms with Crippen molar-refractivity contribution in [1.82, 2.24) is 5.32 Å². The van der Waals surface area contributed by atoms with Crippen LogP contribution in [0.4, 0.5) is 0 Å². The number of nitrogens with zero attached hydrogens (tertiary/aromatic N) is 1. The second-order valence-electron chi connectivity index (χ2n) is 4.54. The van der Waals surface area contributed by atoms with Crippen LogP contribution in [0.15, 0.2) is 34.1 Å². The van der Waals surface area contributed by atoms with Crippen LogP contribution in [0, 0.1) is 11.3 Å². The minimum Gasteiger partial charge on any atom is -0.508 e. The molecular formula is C15H16N2O2S2. The molecule has 110 valence electrons. The number of rotatable bonds is 5. The molecule has 2 rings (SSSR count). The zero-order valence-electron chi connectivity index (χ0n) is 11.6. The number of hydrogen-bond donors (Lipinski definition) is 2. The van der Waals surface area contributed by atoms with Crippen molar-refractivity contribution in [3.8, 4) is 11.8 Å². The maximum Gasteiger partial charge on any atom is 0.264 e. The Morgan fingerprint density at radius 2 is 2.14 bits per heavy atom. The van der Waals surface area contributed by atoms with Crippen molar-refractivity contribution < 1.29 is 9.90 Å². The number of phenolic OH excluding ortho intramolecular Hbond substituents is 1. The van der Waals surface area contributed by atoms with Gasteiger partial charge in [-0.2, -0.15) is 5.26 Å². The van der Waals surface area contributed by atoms with Gasteiger partial charge in [-0.25, -0.2) is 0 Å². The van der Waals surface area contributed by atoms with Crippen LogP contribution in [-0.4, -0.2) is 16.8 Å². The van der Waals surface area contributed by atoms with Crippen molar-refractivity contribution in [1.29, 1.82) is 5.26 Å². The molecule has 0 saturated carbocycles. The Hall–Kier alpha value is -1.58. The molecule has 1 atom stereocenters. The van der Waals surface area contributed by atoms with Gasteiger partial charge in [-0.3, -0.25) is 4.79 Å². The summed E-state index contributed by atoms with van der Waals surface area (Å²) in [6, 6.07) is 8.74. The molecule has 1 aromatic carbocycles. The first-order chi connectivity index (χ1) is 10.2. The van der Waals surface area contributed by atoms with Crippen molar-refractivity contribution in [2.75, 3.05) is 5.75 Å². The number of amides is 1. The van der Waals surface area contributed by atoms with E-state index in [0.29, 0.717) is 0 Å². The van der Waals surface area contributed by atoms with E-state index in [0.717, 1.165) is 28.4 Å². The van der Waals surface area contributed by atoms with Crippen LogP contribution < -0.4 is 5.32 Å². The molecule has 0 spiro atoms. The molecular weight excluding hydrogens is 304 g/mol. The summed E-state index contributed by atoms with van der Waals surface area (Å²) in [5, 5.41) is 21.1. The first-order valence-electron chi connectivity index (χ1n) is 6.69. The third-order valence-electron chi connectivity index (χ3n) is 2.96. The van der Waals surface area contributed by atoms with E-state index in [9.17, 15) is 9.90 Å². The van der Waals surface area contributed by atoms with Gasteiger partial charge < -0.3 is 10.4 Å². The van der Waals surface area contributed by atoms with Crippen LogP contribution in [0.1, 0.15) is 30.7 Å². The lowest BCUT2D eigenvalue weighted by atomic mass is 10.2. The minimum atomic E-state index is -0.326. The van der Waals surface area contributed by atoms with Gasteiger partial charge in [-0.05, 0) is 29.9 Å². The Morgan fingerprint density at radius 3 is 2.76 bits per heavy atom. The topological polar surface area (TPSA) is 73.1 Å². The van der Waals surface area contributed by atoms with Crippen molar-refractivity contribution in [3.63, 3.8) is 0 Å². The summed E-state index contributed by atoms with van der Waals surface area (Å²) in [5.41, 5.74) is 1.10. The van der Waals surface area contributed by atoms with E-state index in [1.54, 1.807) is 36.0 Å². The second kappa shape index (κ2) is 7.43. The Bertz CT molecular complexity index is 591. The lowest BCUT2D eigenvalue weighted by molar-refractivity contribution is -0.117. The average molecular weight is 320 g/mol. The third-order valence-corrected chi connectivity index (χ3v) is 5.60. The largest absolute Gasteiger partial charge is 0.508 e. The van der Waals surface area contributed by atoms with Crippen LogP contribution in [0.5, 0.6) is 5.75 Å². The first-order valence-corrected chi connectivity index (χ1v) is 8.56. The first kappa shape index (κ1) is 15.8. The molecule has 2 N–H and O–H groups in total. The van der Waals surface area contributed by atoms with Gasteiger partial charge in [-0.1, -0.05) is 37.2 Å². The number of thioether (sulfide) groups is 2. The lowest BCUT2D eigenvalue weighted by Gasteiger charge is -2.25. The molecule has 0 radical (unpaired) electrons. The smallest absolute Gasteiger partial charge is 0.264 e. The Kier molecular flexibility index (Phi) is 5.59. The van der Waals surface area contributed by atoms with Crippen LogP contribution >= 0.6 is 23.5 Å². The summed E-state index contributed by atoms with van der Waals surface area (Å²) in [6.45, 7) is 2.11. The molecule has 0 aliphatic carbocycles. The molecule has 0 aromatic heterocycles. The minimum absolute atomic E-state index is 0.191. The average Bonchev–Trinajstić information content (AvgIpc) is 2.48. The van der Waals surface area contributed by atoms with E-state index < -0.39 is 0 Å². The summed E-state index contributed by atoms with van der Waals surface area (Å²) >= 11 is 3.05. The van der Waals surface area contributed by atoms with E-state index in [4.69, 9.17) is 5.26 Å². The second-order valence-corrected chi connectivity index (χ2v) is 7.02. The molecule has 1 heterocycles. The molecule has 4 nitrogen and oxygen atoms in total. The highest BCUT2D eigenvalue weighted by Crippen LogP contribution is 2.43. The van der Waals surface area contributed by atoms with Crippen LogP contribution in [0.25, 0.3) is 0 Å². The summed E-state index contributed by atoms with van der Waals surface area (Å²) < 4.78 is 0.785. The molecule has 6 heteroatoms. The fourth-order valence-electron chi connectivity index (χ4n) is 1.79. The predicted octanol–water partition coefficient (Wildman–Crippen LogP) is 3.52. The van der Waals surface area contributed by atoms with Crippen LogP contribution in [0.2, 0.25) is 0 Å². The highest BCUT2D eigenvalue weighted by molar-refractivity contribution is 8.22. The zero-order chi connectivity index (χ0) is 15.2. The monoisotopic (exact) mass is 320 g/mol. The predicted molar refractivity (Wildman–Crippen MR) is 86.6 cm³/mol. The maximum atomic E-state index is 12.1. The van der Waals surface area contributed by atoms with Gasteiger partial charge in [0.05, 0.1) is 4.24 Å². The molecule has 0 bridgehead atoms. The van der Waals surface area contributed by atoms with Gasteiger partial charge in [0, 0.05) is 0 Å². The van der Waals surface area contributed by atoms with Gasteiger partial charge in [0.1, 0.15) is 22.8 Å². The number of nitriles is 1. The number of hydrogen-bond acceptors (Lipinski definition) is 5. The number of aromatic hydroxyl groups is 1. The Labute approximate surface area is 132 Å². The van der Waals surface area contributed by atoms with E-state index in [2.05, 4.69) is 12.2 Å². The summed E-state index contributed by atoms with van der Waals surface area (Å²) in [5.74, 6) is 0.768. The summed E-state index contributed by atoms with van der Waals surface area (Å²) in [6.07, 6.45) is 2.14. The van der Waals surface area contributed by atoms with Crippen molar-refractivity contribution in [3.05, 3.63) is 39.6 Å². The number of carbonyl (C=O) groups excluding carboxylic acids is 1. The van der Waals surface area contributed by atoms with Gasteiger partial charge in [0.25, 0.3) is 5.91 Å². The highest BCUT2D eigenvalue weighted by Gasteiger charge is 2.28. The third kappa shape index (κ3) is 3.96. The number of unbranched alkanes of at least 4 members (excludes halogenated alkanes) is 1. The normalized spacial score (nSPS) is 18.3. The van der Waals surface area contributed by atoms with E-state index in [1.165, 1.54) is 11.8 Å². The van der Waals surface area contributed by atoms with Crippen LogP contribution in [-0.2, 0) is 4.79 Å². The van der Waals surface area contributed by atoms with E-state index in [1.807, 2.05) is 6.07 Å². The molecule has 1 aliphatic heterocycles. The van der Waals surface area contributed by atoms with Gasteiger partial charge in [0.15, 0.2) is 0 Å². The molecule has 21 heavy (non-hydrogen) atoms. The van der Waals surface area contributed by atoms with Gasteiger partial charge in [0.2, 0.25) is 0 Å². The van der Waals surface area contributed by atoms with Crippen LogP contribution in [0.3, 0.4) is 0 Å². The fraction of sp³-hybridized carbons (Fsp3) is 0.333. The van der Waals surface area contributed by atoms with Crippen molar-refractivity contribution in [2.24, 2.45) is 0 Å². The molecule has 1 amide bonds. The van der Waals surface area contributed by atoms with Crippen molar-refractivity contribution in [2.45, 2.75) is 25.1 Å². The standard InChI is InChI=1S/C15H16N2O2S2/c1-2-3-8-20-15-12(9-16)13(19)17-14(21-15)10-4-6-11(18)7-5-10/h4-7,14,18H,2-3,8H2,1H3,(H,17,19)/t14-/m0/s1. The maximum absolute atomic E-state index is 12.1. The van der Waals surface area contributed by atoms with E-state index >= 15 is 0 Å². The fourth-order valence-corrected chi connectivity index (χ4v) is 4.43. The number of phenols is 1.